The van der Waals surface area contributed by atoms with E-state index >= 15 is 0 Å². The van der Waals surface area contributed by atoms with Gasteiger partial charge in [0, 0.05) is 13.0 Å². The van der Waals surface area contributed by atoms with Crippen molar-refractivity contribution in [2.45, 2.75) is 51.6 Å². The first kappa shape index (κ1) is 15.1. The van der Waals surface area contributed by atoms with Crippen molar-refractivity contribution in [2.75, 3.05) is 0 Å². The van der Waals surface area contributed by atoms with E-state index in [9.17, 15) is 0 Å². The molecule has 1 aliphatic rings. The molecular weight excluding hydrogens is 300 g/mol. The molecule has 1 aliphatic heterocycles. The van der Waals surface area contributed by atoms with Crippen LogP contribution in [0.5, 0.6) is 0 Å². The maximum atomic E-state index is 4.41. The van der Waals surface area contributed by atoms with Gasteiger partial charge in [0.05, 0.1) is 12.7 Å². The minimum Gasteiger partial charge on any atom is -0.310 e. The number of benzene rings is 1. The normalized spacial score (nSPS) is 15.3. The zero-order valence-electron chi connectivity index (χ0n) is 13.8. The van der Waals surface area contributed by atoms with Gasteiger partial charge in [0.25, 0.3) is 0 Å². The summed E-state index contributed by atoms with van der Waals surface area (Å²) < 4.78 is 4.10. The molecule has 0 aliphatic carbocycles. The number of rotatable bonds is 3. The molecule has 0 saturated heterocycles. The Kier molecular flexibility index (Phi) is 4.36. The summed E-state index contributed by atoms with van der Waals surface area (Å²) in [6, 6.07) is 10.3. The highest BCUT2D eigenvalue weighted by molar-refractivity contribution is 5.47. The first-order valence-electron chi connectivity index (χ1n) is 8.77. The van der Waals surface area contributed by atoms with Crippen molar-refractivity contribution in [1.29, 1.82) is 0 Å². The van der Waals surface area contributed by atoms with Gasteiger partial charge < -0.3 is 4.57 Å². The predicted molar refractivity (Wildman–Crippen MR) is 91.4 cm³/mol. The molecule has 0 fully saturated rings. The van der Waals surface area contributed by atoms with E-state index in [0.29, 0.717) is 0 Å². The monoisotopic (exact) mass is 322 g/mol. The predicted octanol–water partition coefficient (Wildman–Crippen LogP) is 3.09. The average molecular weight is 322 g/mol. The second kappa shape index (κ2) is 6.95. The van der Waals surface area contributed by atoms with Gasteiger partial charge in [0.1, 0.15) is 5.82 Å². The lowest BCUT2D eigenvalue weighted by Gasteiger charge is -2.06. The van der Waals surface area contributed by atoms with Crippen LogP contribution < -0.4 is 0 Å². The number of hydrogen-bond donors (Lipinski definition) is 0. The van der Waals surface area contributed by atoms with Gasteiger partial charge in [-0.2, -0.15) is 0 Å². The summed E-state index contributed by atoms with van der Waals surface area (Å²) in [6.45, 7) is 1.69. The summed E-state index contributed by atoms with van der Waals surface area (Å²) in [6.07, 6.45) is 9.23. The smallest absolute Gasteiger partial charge is 0.186 e. The maximum absolute atomic E-state index is 4.41. The fourth-order valence-electron chi connectivity index (χ4n) is 3.28. The number of nitrogens with zero attached hydrogens (tertiary/aromatic N) is 6. The summed E-state index contributed by atoms with van der Waals surface area (Å²) >= 11 is 0. The molecule has 3 aromatic rings. The summed E-state index contributed by atoms with van der Waals surface area (Å²) in [5.41, 5.74) is 2.02. The largest absolute Gasteiger partial charge is 0.310 e. The SMILES string of the molecule is c1ccc(Cn2cc(-c3nnc4n3CCCCCCC4)nn2)cc1. The highest BCUT2D eigenvalue weighted by Crippen LogP contribution is 2.20. The Morgan fingerprint density at radius 1 is 0.875 bits per heavy atom. The third-order valence-electron chi connectivity index (χ3n) is 4.56. The van der Waals surface area contributed by atoms with Gasteiger partial charge in [-0.15, -0.1) is 15.3 Å². The van der Waals surface area contributed by atoms with Crippen molar-refractivity contribution in [3.63, 3.8) is 0 Å². The van der Waals surface area contributed by atoms with Crippen LogP contribution in [0.3, 0.4) is 0 Å². The fraction of sp³-hybridized carbons (Fsp3) is 0.444. The molecule has 6 heteroatoms. The molecular formula is C18H22N6. The van der Waals surface area contributed by atoms with Crippen LogP contribution in [-0.4, -0.2) is 29.8 Å². The summed E-state index contributed by atoms with van der Waals surface area (Å²) in [5.74, 6) is 1.94. The molecule has 2 aromatic heterocycles. The van der Waals surface area contributed by atoms with Crippen molar-refractivity contribution in [2.24, 2.45) is 0 Å². The molecule has 0 saturated carbocycles. The highest BCUT2D eigenvalue weighted by Gasteiger charge is 2.17. The quantitative estimate of drug-likeness (QED) is 0.743. The van der Waals surface area contributed by atoms with E-state index in [1.807, 2.05) is 29.1 Å². The Labute approximate surface area is 141 Å². The summed E-state index contributed by atoms with van der Waals surface area (Å²) in [4.78, 5) is 0. The number of aromatic nitrogens is 6. The number of fused-ring (bicyclic) bond motifs is 1. The Morgan fingerprint density at radius 3 is 2.62 bits per heavy atom. The molecule has 0 bridgehead atoms. The van der Waals surface area contributed by atoms with Crippen LogP contribution >= 0.6 is 0 Å². The van der Waals surface area contributed by atoms with Crippen LogP contribution in [0.2, 0.25) is 0 Å². The molecule has 1 aromatic carbocycles. The lowest BCUT2D eigenvalue weighted by Crippen LogP contribution is -2.05. The molecule has 0 amide bonds. The summed E-state index contributed by atoms with van der Waals surface area (Å²) in [7, 11) is 0. The number of aryl methyl sites for hydroxylation is 1. The molecule has 4 rings (SSSR count). The molecule has 3 heterocycles. The van der Waals surface area contributed by atoms with E-state index in [-0.39, 0.29) is 0 Å². The minimum atomic E-state index is 0.717. The third kappa shape index (κ3) is 3.22. The van der Waals surface area contributed by atoms with E-state index in [4.69, 9.17) is 0 Å². The van der Waals surface area contributed by atoms with Crippen LogP contribution in [0, 0.1) is 0 Å². The first-order valence-corrected chi connectivity index (χ1v) is 8.77. The van der Waals surface area contributed by atoms with Gasteiger partial charge in [0.15, 0.2) is 11.5 Å². The molecule has 6 nitrogen and oxygen atoms in total. The molecule has 24 heavy (non-hydrogen) atoms. The topological polar surface area (TPSA) is 61.4 Å². The Hall–Kier alpha value is -2.50. The van der Waals surface area contributed by atoms with Crippen molar-refractivity contribution >= 4 is 0 Å². The van der Waals surface area contributed by atoms with Gasteiger partial charge in [0.2, 0.25) is 0 Å². The van der Waals surface area contributed by atoms with E-state index < -0.39 is 0 Å². The highest BCUT2D eigenvalue weighted by atomic mass is 15.4. The van der Waals surface area contributed by atoms with Gasteiger partial charge in [-0.1, -0.05) is 54.8 Å². The van der Waals surface area contributed by atoms with Crippen molar-refractivity contribution < 1.29 is 0 Å². The maximum Gasteiger partial charge on any atom is 0.186 e. The lowest BCUT2D eigenvalue weighted by atomic mass is 10.1. The summed E-state index contributed by atoms with van der Waals surface area (Å²) in [5, 5.41) is 17.4. The molecule has 0 N–H and O–H groups in total. The van der Waals surface area contributed by atoms with E-state index in [1.54, 1.807) is 0 Å². The second-order valence-electron chi connectivity index (χ2n) is 6.40. The first-order chi connectivity index (χ1) is 11.9. The van der Waals surface area contributed by atoms with E-state index in [0.717, 1.165) is 36.9 Å². The Balaban J connectivity index is 1.58. The van der Waals surface area contributed by atoms with Gasteiger partial charge in [-0.25, -0.2) is 4.68 Å². The van der Waals surface area contributed by atoms with Crippen LogP contribution in [0.1, 0.15) is 43.5 Å². The van der Waals surface area contributed by atoms with Crippen LogP contribution in [0.15, 0.2) is 36.5 Å². The van der Waals surface area contributed by atoms with Gasteiger partial charge >= 0.3 is 0 Å². The average Bonchev–Trinajstić information content (AvgIpc) is 3.22. The third-order valence-corrected chi connectivity index (χ3v) is 4.56. The van der Waals surface area contributed by atoms with Crippen molar-refractivity contribution in [3.05, 3.63) is 47.9 Å². The molecule has 0 unspecified atom stereocenters. The number of hydrogen-bond acceptors (Lipinski definition) is 4. The van der Waals surface area contributed by atoms with Crippen LogP contribution in [0.4, 0.5) is 0 Å². The van der Waals surface area contributed by atoms with Crippen molar-refractivity contribution in [3.8, 4) is 11.5 Å². The Morgan fingerprint density at radius 2 is 1.71 bits per heavy atom. The van der Waals surface area contributed by atoms with E-state index in [2.05, 4.69) is 37.2 Å². The minimum absolute atomic E-state index is 0.717. The molecule has 0 atom stereocenters. The second-order valence-corrected chi connectivity index (χ2v) is 6.40. The molecule has 0 radical (unpaired) electrons. The lowest BCUT2D eigenvalue weighted by molar-refractivity contribution is 0.586. The van der Waals surface area contributed by atoms with E-state index in [1.165, 1.54) is 37.7 Å². The van der Waals surface area contributed by atoms with Crippen LogP contribution in [-0.2, 0) is 19.5 Å². The Bertz CT molecular complexity index is 789. The van der Waals surface area contributed by atoms with Gasteiger partial charge in [-0.3, -0.25) is 0 Å². The standard InChI is InChI=1S/C18H22N6/c1-2-7-11-17-20-21-18(24(17)12-8-3-1)16-14-23(22-19-16)13-15-9-5-4-6-10-15/h4-6,9-10,14H,1-3,7-8,11-13H2. The zero-order chi connectivity index (χ0) is 16.2. The zero-order valence-corrected chi connectivity index (χ0v) is 13.8. The van der Waals surface area contributed by atoms with Crippen LogP contribution in [0.25, 0.3) is 11.5 Å². The molecule has 0 spiro atoms. The fourth-order valence-corrected chi connectivity index (χ4v) is 3.28. The molecule has 124 valence electrons. The van der Waals surface area contributed by atoms with Gasteiger partial charge in [-0.05, 0) is 18.4 Å². The van der Waals surface area contributed by atoms with Crippen molar-refractivity contribution in [1.82, 2.24) is 29.8 Å².